The lowest BCUT2D eigenvalue weighted by Gasteiger charge is -2.29. The largest absolute Gasteiger partial charge is 0.393 e. The minimum atomic E-state index is -0.162. The van der Waals surface area contributed by atoms with Crippen molar-refractivity contribution in [3.8, 4) is 0 Å². The van der Waals surface area contributed by atoms with Gasteiger partial charge in [0.1, 0.15) is 5.82 Å². The molecule has 4 heteroatoms. The number of imidazole rings is 1. The Bertz CT molecular complexity index is 407. The number of likely N-dealkylation sites (tertiary alicyclic amines) is 1. The second kappa shape index (κ2) is 5.02. The van der Waals surface area contributed by atoms with E-state index in [9.17, 15) is 5.11 Å². The SMILES string of the molecule is CN1CCC(Cc2ncc3n2CCC(O)C3)CC1. The quantitative estimate of drug-likeness (QED) is 0.852. The van der Waals surface area contributed by atoms with Gasteiger partial charge in [0.2, 0.25) is 0 Å². The standard InChI is InChI=1S/C14H23N3O/c1-16-5-2-11(3-6-16)8-14-15-10-12-9-13(18)4-7-17(12)14/h10-11,13,18H,2-9H2,1H3. The number of aliphatic hydroxyl groups excluding tert-OH is 1. The van der Waals surface area contributed by atoms with Gasteiger partial charge in [-0.25, -0.2) is 4.98 Å². The van der Waals surface area contributed by atoms with Crippen molar-refractivity contribution < 1.29 is 5.11 Å². The lowest BCUT2D eigenvalue weighted by Crippen LogP contribution is -2.31. The molecule has 0 amide bonds. The van der Waals surface area contributed by atoms with E-state index in [4.69, 9.17) is 0 Å². The van der Waals surface area contributed by atoms with Gasteiger partial charge in [-0.2, -0.15) is 0 Å². The number of hydrogen-bond donors (Lipinski definition) is 1. The van der Waals surface area contributed by atoms with Crippen molar-refractivity contribution in [2.75, 3.05) is 20.1 Å². The molecule has 1 aromatic heterocycles. The van der Waals surface area contributed by atoms with E-state index >= 15 is 0 Å². The first kappa shape index (κ1) is 12.2. The molecule has 1 aromatic rings. The van der Waals surface area contributed by atoms with Gasteiger partial charge >= 0.3 is 0 Å². The van der Waals surface area contributed by atoms with Crippen LogP contribution in [0.5, 0.6) is 0 Å². The van der Waals surface area contributed by atoms with Gasteiger partial charge in [-0.1, -0.05) is 0 Å². The normalized spacial score (nSPS) is 26.2. The fourth-order valence-corrected chi connectivity index (χ4v) is 3.20. The molecule has 0 radical (unpaired) electrons. The highest BCUT2D eigenvalue weighted by molar-refractivity contribution is 5.10. The molecule has 2 aliphatic heterocycles. The van der Waals surface area contributed by atoms with E-state index in [-0.39, 0.29) is 6.10 Å². The molecule has 1 N–H and O–H groups in total. The third-order valence-electron chi connectivity index (χ3n) is 4.46. The Morgan fingerprint density at radius 2 is 2.06 bits per heavy atom. The summed E-state index contributed by atoms with van der Waals surface area (Å²) in [5.74, 6) is 2.03. The summed E-state index contributed by atoms with van der Waals surface area (Å²) < 4.78 is 2.34. The number of hydrogen-bond acceptors (Lipinski definition) is 3. The van der Waals surface area contributed by atoms with Crippen LogP contribution in [0.1, 0.15) is 30.8 Å². The molecule has 0 aromatic carbocycles. The molecule has 3 heterocycles. The van der Waals surface area contributed by atoms with Gasteiger partial charge in [0, 0.05) is 31.3 Å². The Labute approximate surface area is 109 Å². The molecule has 1 atom stereocenters. The number of piperidine rings is 1. The zero-order chi connectivity index (χ0) is 12.5. The van der Waals surface area contributed by atoms with Gasteiger partial charge in [-0.15, -0.1) is 0 Å². The van der Waals surface area contributed by atoms with Crippen molar-refractivity contribution >= 4 is 0 Å². The topological polar surface area (TPSA) is 41.3 Å². The van der Waals surface area contributed by atoms with Crippen molar-refractivity contribution in [3.63, 3.8) is 0 Å². The molecule has 0 saturated carbocycles. The number of rotatable bonds is 2. The van der Waals surface area contributed by atoms with E-state index in [0.717, 1.165) is 31.7 Å². The van der Waals surface area contributed by atoms with Crippen molar-refractivity contribution in [1.29, 1.82) is 0 Å². The monoisotopic (exact) mass is 249 g/mol. The maximum absolute atomic E-state index is 9.67. The molecule has 1 saturated heterocycles. The van der Waals surface area contributed by atoms with Gasteiger partial charge in [-0.3, -0.25) is 0 Å². The first-order valence-corrected chi connectivity index (χ1v) is 7.12. The summed E-state index contributed by atoms with van der Waals surface area (Å²) in [5.41, 5.74) is 1.22. The van der Waals surface area contributed by atoms with Crippen molar-refractivity contribution in [3.05, 3.63) is 17.7 Å². The van der Waals surface area contributed by atoms with E-state index in [2.05, 4.69) is 21.5 Å². The maximum Gasteiger partial charge on any atom is 0.109 e. The molecule has 1 fully saturated rings. The van der Waals surface area contributed by atoms with Gasteiger partial charge in [0.05, 0.1) is 6.10 Å². The van der Waals surface area contributed by atoms with Gasteiger partial charge in [0.15, 0.2) is 0 Å². The summed E-state index contributed by atoms with van der Waals surface area (Å²) >= 11 is 0. The Kier molecular flexibility index (Phi) is 3.39. The van der Waals surface area contributed by atoms with E-state index in [1.54, 1.807) is 0 Å². The van der Waals surface area contributed by atoms with Crippen LogP contribution >= 0.6 is 0 Å². The van der Waals surface area contributed by atoms with Crippen LogP contribution in [0.2, 0.25) is 0 Å². The van der Waals surface area contributed by atoms with Crippen molar-refractivity contribution in [2.45, 2.75) is 44.8 Å². The van der Waals surface area contributed by atoms with Crippen LogP contribution in [0.25, 0.3) is 0 Å². The molecular formula is C14H23N3O. The molecular weight excluding hydrogens is 226 g/mol. The molecule has 100 valence electrons. The fourth-order valence-electron chi connectivity index (χ4n) is 3.20. The zero-order valence-corrected chi connectivity index (χ0v) is 11.2. The van der Waals surface area contributed by atoms with E-state index in [1.165, 1.54) is 37.4 Å². The van der Waals surface area contributed by atoms with Gasteiger partial charge < -0.3 is 14.6 Å². The predicted octanol–water partition coefficient (Wildman–Crippen LogP) is 1.07. The zero-order valence-electron chi connectivity index (χ0n) is 11.2. The smallest absolute Gasteiger partial charge is 0.109 e. The molecule has 0 aliphatic carbocycles. The molecule has 0 bridgehead atoms. The highest BCUT2D eigenvalue weighted by atomic mass is 16.3. The minimum Gasteiger partial charge on any atom is -0.393 e. The van der Waals surface area contributed by atoms with Gasteiger partial charge in [-0.05, 0) is 45.3 Å². The average Bonchev–Trinajstić information content (AvgIpc) is 2.74. The van der Waals surface area contributed by atoms with E-state index in [1.807, 2.05) is 6.20 Å². The van der Waals surface area contributed by atoms with Crippen LogP contribution in [0.3, 0.4) is 0 Å². The maximum atomic E-state index is 9.67. The molecule has 2 aliphatic rings. The molecule has 18 heavy (non-hydrogen) atoms. The number of aromatic nitrogens is 2. The first-order valence-electron chi connectivity index (χ1n) is 7.12. The number of aliphatic hydroxyl groups is 1. The summed E-state index contributed by atoms with van der Waals surface area (Å²) in [6.45, 7) is 3.38. The minimum absolute atomic E-state index is 0.162. The lowest BCUT2D eigenvalue weighted by molar-refractivity contribution is 0.142. The van der Waals surface area contributed by atoms with Crippen molar-refractivity contribution in [1.82, 2.24) is 14.5 Å². The van der Waals surface area contributed by atoms with Crippen LogP contribution in [0, 0.1) is 5.92 Å². The highest BCUT2D eigenvalue weighted by Gasteiger charge is 2.23. The van der Waals surface area contributed by atoms with Crippen LogP contribution < -0.4 is 0 Å². The van der Waals surface area contributed by atoms with Crippen LogP contribution in [0.15, 0.2) is 6.20 Å². The summed E-state index contributed by atoms with van der Waals surface area (Å²) in [7, 11) is 2.20. The summed E-state index contributed by atoms with van der Waals surface area (Å²) in [6.07, 6.45) is 7.16. The Morgan fingerprint density at radius 3 is 2.83 bits per heavy atom. The van der Waals surface area contributed by atoms with E-state index in [0.29, 0.717) is 0 Å². The van der Waals surface area contributed by atoms with E-state index < -0.39 is 0 Å². The number of nitrogens with zero attached hydrogens (tertiary/aromatic N) is 3. The van der Waals surface area contributed by atoms with Crippen LogP contribution in [0.4, 0.5) is 0 Å². The first-order chi connectivity index (χ1) is 8.72. The van der Waals surface area contributed by atoms with Gasteiger partial charge in [0.25, 0.3) is 0 Å². The molecule has 1 unspecified atom stereocenters. The predicted molar refractivity (Wildman–Crippen MR) is 70.5 cm³/mol. The third kappa shape index (κ3) is 2.45. The third-order valence-corrected chi connectivity index (χ3v) is 4.46. The fraction of sp³-hybridized carbons (Fsp3) is 0.786. The molecule has 0 spiro atoms. The highest BCUT2D eigenvalue weighted by Crippen LogP contribution is 2.23. The number of fused-ring (bicyclic) bond motifs is 1. The summed E-state index contributed by atoms with van der Waals surface area (Å²) in [6, 6.07) is 0. The van der Waals surface area contributed by atoms with Crippen LogP contribution in [-0.2, 0) is 19.4 Å². The summed E-state index contributed by atoms with van der Waals surface area (Å²) in [5, 5.41) is 9.67. The Morgan fingerprint density at radius 1 is 1.28 bits per heavy atom. The average molecular weight is 249 g/mol. The second-order valence-corrected chi connectivity index (χ2v) is 5.91. The lowest BCUT2D eigenvalue weighted by atomic mass is 9.93. The Hall–Kier alpha value is -0.870. The second-order valence-electron chi connectivity index (χ2n) is 5.91. The van der Waals surface area contributed by atoms with Crippen LogP contribution in [-0.4, -0.2) is 45.8 Å². The molecule has 3 rings (SSSR count). The Balaban J connectivity index is 1.67. The molecule has 4 nitrogen and oxygen atoms in total. The summed E-state index contributed by atoms with van der Waals surface area (Å²) in [4.78, 5) is 6.99. The van der Waals surface area contributed by atoms with Crippen molar-refractivity contribution in [2.24, 2.45) is 5.92 Å².